The van der Waals surface area contributed by atoms with Crippen molar-refractivity contribution in [2.45, 2.75) is 37.4 Å². The summed E-state index contributed by atoms with van der Waals surface area (Å²) in [7, 11) is -4.22. The molecule has 3 N–H and O–H groups in total. The molecule has 3 rings (SSSR count). The number of carbonyl (C=O) groups is 2. The van der Waals surface area contributed by atoms with E-state index in [1.807, 2.05) is 0 Å². The molecule has 2 atom stereocenters. The van der Waals surface area contributed by atoms with Crippen LogP contribution >= 0.6 is 0 Å². The maximum Gasteiger partial charge on any atom is 0.263 e. The van der Waals surface area contributed by atoms with Crippen LogP contribution in [-0.4, -0.2) is 48.4 Å². The summed E-state index contributed by atoms with van der Waals surface area (Å²) in [6.07, 6.45) is 0. The van der Waals surface area contributed by atoms with E-state index >= 15 is 0 Å². The maximum absolute atomic E-state index is 13.2. The van der Waals surface area contributed by atoms with Gasteiger partial charge in [-0.05, 0) is 61.4 Å². The molecule has 2 amide bonds. The van der Waals surface area contributed by atoms with Crippen LogP contribution in [0.5, 0.6) is 5.75 Å². The number of amides is 2. The van der Waals surface area contributed by atoms with Crippen LogP contribution in [0.25, 0.3) is 0 Å². The molecule has 1 unspecified atom stereocenters. The number of rotatable bonds is 6. The molecule has 9 nitrogen and oxygen atoms in total. The topological polar surface area (TPSA) is 125 Å². The number of hydrogen-bond donors (Lipinski definition) is 3. The van der Waals surface area contributed by atoms with Gasteiger partial charge in [0.15, 0.2) is 0 Å². The fourth-order valence-corrected chi connectivity index (χ4v) is 4.97. The number of halogens is 1. The van der Waals surface area contributed by atoms with E-state index in [0.717, 1.165) is 15.4 Å². The van der Waals surface area contributed by atoms with E-state index in [2.05, 4.69) is 5.32 Å². The van der Waals surface area contributed by atoms with Gasteiger partial charge in [0.05, 0.1) is 17.5 Å². The summed E-state index contributed by atoms with van der Waals surface area (Å²) >= 11 is 0. The lowest BCUT2D eigenvalue weighted by Gasteiger charge is -2.37. The molecule has 0 radical (unpaired) electrons. The Labute approximate surface area is 178 Å². The van der Waals surface area contributed by atoms with E-state index in [0.29, 0.717) is 5.75 Å². The maximum atomic E-state index is 13.2. The molecule has 0 saturated carbocycles. The van der Waals surface area contributed by atoms with Crippen LogP contribution < -0.4 is 15.5 Å². The third-order valence-corrected chi connectivity index (χ3v) is 6.82. The third kappa shape index (κ3) is 4.84. The number of carbonyl (C=O) groups excluding carboxylic acids is 2. The van der Waals surface area contributed by atoms with Gasteiger partial charge >= 0.3 is 0 Å². The van der Waals surface area contributed by atoms with E-state index < -0.39 is 40.5 Å². The number of sulfonamides is 1. The Bertz CT molecular complexity index is 1090. The first-order valence-electron chi connectivity index (χ1n) is 9.36. The molecular weight excluding hydrogens is 429 g/mol. The van der Waals surface area contributed by atoms with E-state index in [1.165, 1.54) is 48.8 Å². The van der Waals surface area contributed by atoms with Crippen molar-refractivity contribution < 1.29 is 32.3 Å². The average Bonchev–Trinajstić information content (AvgIpc) is 2.72. The van der Waals surface area contributed by atoms with Crippen LogP contribution in [0.1, 0.15) is 18.1 Å². The molecule has 1 aliphatic heterocycles. The lowest BCUT2D eigenvalue weighted by Crippen LogP contribution is -2.65. The minimum Gasteiger partial charge on any atom is -0.489 e. The zero-order valence-electron chi connectivity index (χ0n) is 16.8. The standard InChI is InChI=1S/C20H22FN3O6S/c1-12-9-15(21)4-3-14(12)11-30-16-5-7-17(8-6-16)31(28,29)24-10-18(25)22-13(2)19(24)20(26)23-27/h3-9,13,19,27H,10-11H2,1-2H3,(H,22,25)(H,23,26)/t13-,19?/m0/s1. The van der Waals surface area contributed by atoms with E-state index in [1.54, 1.807) is 13.0 Å². The normalized spacial score (nSPS) is 19.5. The molecule has 0 aromatic heterocycles. The van der Waals surface area contributed by atoms with Gasteiger partial charge < -0.3 is 10.1 Å². The Kier molecular flexibility index (Phi) is 6.58. The Morgan fingerprint density at radius 3 is 2.58 bits per heavy atom. The molecule has 1 saturated heterocycles. The Morgan fingerprint density at radius 2 is 1.97 bits per heavy atom. The first kappa shape index (κ1) is 22.7. The van der Waals surface area contributed by atoms with Gasteiger partial charge in [0.2, 0.25) is 15.9 Å². The van der Waals surface area contributed by atoms with Crippen LogP contribution in [0.15, 0.2) is 47.4 Å². The lowest BCUT2D eigenvalue weighted by molar-refractivity contribution is -0.137. The van der Waals surface area contributed by atoms with Crippen molar-refractivity contribution >= 4 is 21.8 Å². The minimum atomic E-state index is -4.22. The monoisotopic (exact) mass is 451 g/mol. The fraction of sp³-hybridized carbons (Fsp3) is 0.300. The van der Waals surface area contributed by atoms with Gasteiger partial charge in [-0.3, -0.25) is 14.8 Å². The Morgan fingerprint density at radius 1 is 1.29 bits per heavy atom. The largest absolute Gasteiger partial charge is 0.489 e. The van der Waals surface area contributed by atoms with Crippen LogP contribution in [0.4, 0.5) is 4.39 Å². The van der Waals surface area contributed by atoms with Crippen LogP contribution in [0.3, 0.4) is 0 Å². The molecule has 31 heavy (non-hydrogen) atoms. The van der Waals surface area contributed by atoms with E-state index in [9.17, 15) is 22.4 Å². The van der Waals surface area contributed by atoms with Gasteiger partial charge in [-0.25, -0.2) is 18.3 Å². The summed E-state index contributed by atoms with van der Waals surface area (Å²) in [6.45, 7) is 2.83. The molecule has 1 heterocycles. The number of ether oxygens (including phenoxy) is 1. The molecule has 2 aromatic carbocycles. The predicted molar refractivity (Wildman–Crippen MR) is 107 cm³/mol. The number of hydroxylamine groups is 1. The average molecular weight is 451 g/mol. The molecule has 2 aromatic rings. The second-order valence-electron chi connectivity index (χ2n) is 7.16. The zero-order valence-corrected chi connectivity index (χ0v) is 17.6. The molecule has 0 bridgehead atoms. The van der Waals surface area contributed by atoms with Crippen LogP contribution in [0, 0.1) is 12.7 Å². The first-order chi connectivity index (χ1) is 14.6. The first-order valence-corrected chi connectivity index (χ1v) is 10.8. The number of hydrogen-bond acceptors (Lipinski definition) is 6. The lowest BCUT2D eigenvalue weighted by atomic mass is 10.1. The number of piperazine rings is 1. The van der Waals surface area contributed by atoms with Crippen molar-refractivity contribution in [3.8, 4) is 5.75 Å². The SMILES string of the molecule is Cc1cc(F)ccc1COc1ccc(S(=O)(=O)N2CC(=O)N[C@@H](C)C2C(=O)NO)cc1. The highest BCUT2D eigenvalue weighted by molar-refractivity contribution is 7.89. The van der Waals surface area contributed by atoms with Gasteiger partial charge in [-0.1, -0.05) is 6.07 Å². The predicted octanol–water partition coefficient (Wildman–Crippen LogP) is 1.10. The van der Waals surface area contributed by atoms with Crippen molar-refractivity contribution in [3.63, 3.8) is 0 Å². The third-order valence-electron chi connectivity index (χ3n) is 4.98. The summed E-state index contributed by atoms with van der Waals surface area (Å²) in [5.41, 5.74) is 2.95. The van der Waals surface area contributed by atoms with Crippen LogP contribution in [0.2, 0.25) is 0 Å². The van der Waals surface area contributed by atoms with Gasteiger partial charge in [0.1, 0.15) is 24.2 Å². The summed E-state index contributed by atoms with van der Waals surface area (Å²) in [5, 5.41) is 11.5. The minimum absolute atomic E-state index is 0.143. The number of nitrogens with one attached hydrogen (secondary N) is 2. The Balaban J connectivity index is 1.79. The van der Waals surface area contributed by atoms with Crippen molar-refractivity contribution in [2.24, 2.45) is 0 Å². The van der Waals surface area contributed by atoms with Crippen molar-refractivity contribution in [1.82, 2.24) is 15.1 Å². The zero-order chi connectivity index (χ0) is 22.8. The molecule has 1 aliphatic rings. The second-order valence-corrected chi connectivity index (χ2v) is 9.05. The van der Waals surface area contributed by atoms with Crippen molar-refractivity contribution in [1.29, 1.82) is 0 Å². The van der Waals surface area contributed by atoms with Gasteiger partial charge in [0, 0.05) is 0 Å². The molecule has 11 heteroatoms. The quantitative estimate of drug-likeness (QED) is 0.446. The van der Waals surface area contributed by atoms with E-state index in [-0.39, 0.29) is 17.3 Å². The van der Waals surface area contributed by atoms with Crippen molar-refractivity contribution in [2.75, 3.05) is 6.54 Å². The smallest absolute Gasteiger partial charge is 0.263 e. The summed E-state index contributed by atoms with van der Waals surface area (Å²) in [4.78, 5) is 23.8. The molecule has 0 spiro atoms. The van der Waals surface area contributed by atoms with Gasteiger partial charge in [-0.2, -0.15) is 4.31 Å². The highest BCUT2D eigenvalue weighted by Gasteiger charge is 2.44. The van der Waals surface area contributed by atoms with Gasteiger partial charge in [-0.15, -0.1) is 0 Å². The highest BCUT2D eigenvalue weighted by Crippen LogP contribution is 2.25. The van der Waals surface area contributed by atoms with Crippen molar-refractivity contribution in [3.05, 3.63) is 59.4 Å². The summed E-state index contributed by atoms with van der Waals surface area (Å²) in [6, 6.07) is 7.66. The molecular formula is C20H22FN3O6S. The number of benzene rings is 2. The fourth-order valence-electron chi connectivity index (χ4n) is 3.35. The molecule has 0 aliphatic carbocycles. The summed E-state index contributed by atoms with van der Waals surface area (Å²) in [5.74, 6) is -1.47. The second kappa shape index (κ2) is 9.00. The Hall–Kier alpha value is -3.02. The number of nitrogens with zero attached hydrogens (tertiary/aromatic N) is 1. The number of aryl methyl sites for hydroxylation is 1. The van der Waals surface area contributed by atoms with Gasteiger partial charge in [0.25, 0.3) is 5.91 Å². The summed E-state index contributed by atoms with van der Waals surface area (Å²) < 4.78 is 45.8. The van der Waals surface area contributed by atoms with E-state index in [4.69, 9.17) is 9.94 Å². The molecule has 166 valence electrons. The molecule has 1 fully saturated rings. The highest BCUT2D eigenvalue weighted by atomic mass is 32.2. The van der Waals surface area contributed by atoms with Crippen LogP contribution in [-0.2, 0) is 26.2 Å².